The van der Waals surface area contributed by atoms with Gasteiger partial charge < -0.3 is 4.55 Å². The molecule has 0 spiro atoms. The predicted octanol–water partition coefficient (Wildman–Crippen LogP) is 1.98. The van der Waals surface area contributed by atoms with Gasteiger partial charge in [0.2, 0.25) is 0 Å². The predicted molar refractivity (Wildman–Crippen MR) is 71.5 cm³/mol. The summed E-state index contributed by atoms with van der Waals surface area (Å²) in [5, 5.41) is 10.6. The van der Waals surface area contributed by atoms with E-state index in [1.165, 1.54) is 26.2 Å². The molecule has 0 bridgehead atoms. The van der Waals surface area contributed by atoms with Crippen molar-refractivity contribution in [1.82, 2.24) is 4.57 Å². The summed E-state index contributed by atoms with van der Waals surface area (Å²) in [6.45, 7) is 0. The standard InChI is InChI=1S/C10H9F3N3O2.CHF3O3S/c1-14-7-4-3-6(16(17)18)5-8(7)15(2)9(14)10(11,12)13;2-1(3,4)8(5,6)7/h3-5H,1-2H3;(H,5,6,7)/q+1;/p-1. The molecule has 1 aromatic carbocycles. The van der Waals surface area contributed by atoms with Gasteiger partial charge >= 0.3 is 17.5 Å². The lowest BCUT2D eigenvalue weighted by Crippen LogP contribution is -2.37. The van der Waals surface area contributed by atoms with Crippen LogP contribution in [0.5, 0.6) is 0 Å². The Labute approximate surface area is 141 Å². The van der Waals surface area contributed by atoms with Crippen LogP contribution in [0, 0.1) is 10.1 Å². The van der Waals surface area contributed by atoms with E-state index in [2.05, 4.69) is 0 Å². The van der Waals surface area contributed by atoms with E-state index in [0.717, 1.165) is 15.2 Å². The van der Waals surface area contributed by atoms with Crippen molar-refractivity contribution in [3.8, 4) is 0 Å². The van der Waals surface area contributed by atoms with Crippen molar-refractivity contribution in [3.63, 3.8) is 0 Å². The molecule has 15 heteroatoms. The van der Waals surface area contributed by atoms with Gasteiger partial charge in [-0.2, -0.15) is 26.3 Å². The molecular formula is C11H9F6N3O5S. The first-order chi connectivity index (χ1) is 11.5. The molecule has 0 aliphatic rings. The number of hydrogen-bond donors (Lipinski definition) is 0. The lowest BCUT2D eigenvalue weighted by Gasteiger charge is -2.08. The number of rotatable bonds is 1. The van der Waals surface area contributed by atoms with Gasteiger partial charge in [0.05, 0.1) is 25.1 Å². The van der Waals surface area contributed by atoms with Gasteiger partial charge in [0.25, 0.3) is 5.69 Å². The second-order valence-electron chi connectivity index (χ2n) is 4.77. The second-order valence-corrected chi connectivity index (χ2v) is 6.14. The number of fused-ring (bicyclic) bond motifs is 1. The summed E-state index contributed by atoms with van der Waals surface area (Å²) in [7, 11) is -3.58. The highest BCUT2D eigenvalue weighted by Crippen LogP contribution is 2.30. The van der Waals surface area contributed by atoms with Crippen LogP contribution in [-0.2, 0) is 30.4 Å². The Morgan fingerprint density at radius 2 is 1.62 bits per heavy atom. The maximum Gasteiger partial charge on any atom is 0.495 e. The van der Waals surface area contributed by atoms with Crippen LogP contribution in [0.4, 0.5) is 32.0 Å². The minimum Gasteiger partial charge on any atom is -0.741 e. The monoisotopic (exact) mass is 409 g/mol. The number of hydrogen-bond acceptors (Lipinski definition) is 5. The Hall–Kier alpha value is -2.42. The van der Waals surface area contributed by atoms with Crippen LogP contribution >= 0.6 is 0 Å². The highest BCUT2D eigenvalue weighted by atomic mass is 32.2. The Balaban J connectivity index is 0.000000359. The van der Waals surface area contributed by atoms with Crippen LogP contribution in [0.15, 0.2) is 18.2 Å². The molecule has 26 heavy (non-hydrogen) atoms. The van der Waals surface area contributed by atoms with Gasteiger partial charge in [-0.1, -0.05) is 0 Å². The molecule has 0 fully saturated rings. The summed E-state index contributed by atoms with van der Waals surface area (Å²) >= 11 is 0. The normalized spacial score (nSPS) is 12.7. The van der Waals surface area contributed by atoms with Crippen LogP contribution < -0.4 is 4.57 Å². The summed E-state index contributed by atoms with van der Waals surface area (Å²) in [5.41, 5.74) is -5.43. The van der Waals surface area contributed by atoms with Crippen LogP contribution in [0.25, 0.3) is 11.0 Å². The summed E-state index contributed by atoms with van der Waals surface area (Å²) in [6, 6.07) is 3.62. The maximum atomic E-state index is 12.8. The number of imidazole rings is 1. The molecule has 2 aromatic rings. The largest absolute Gasteiger partial charge is 0.741 e. The van der Waals surface area contributed by atoms with E-state index in [0.29, 0.717) is 0 Å². The average molecular weight is 409 g/mol. The third kappa shape index (κ3) is 4.40. The second kappa shape index (κ2) is 6.71. The molecule has 0 aliphatic heterocycles. The zero-order valence-electron chi connectivity index (χ0n) is 12.8. The SMILES string of the molecule is Cn1c(C(F)(F)F)[n+](C)c2ccc([N+](=O)[O-])cc21.O=S(=O)([O-])C(F)(F)F. The van der Waals surface area contributed by atoms with Crippen molar-refractivity contribution >= 4 is 26.8 Å². The number of aromatic nitrogens is 2. The molecule has 0 saturated heterocycles. The number of benzene rings is 1. The molecule has 2 rings (SSSR count). The molecule has 0 radical (unpaired) electrons. The fourth-order valence-corrected chi connectivity index (χ4v) is 2.01. The van der Waals surface area contributed by atoms with E-state index < -0.39 is 32.6 Å². The van der Waals surface area contributed by atoms with Crippen LogP contribution in [0.2, 0.25) is 0 Å². The number of alkyl halides is 6. The van der Waals surface area contributed by atoms with Gasteiger partial charge in [-0.05, 0) is 6.07 Å². The van der Waals surface area contributed by atoms with E-state index in [1.807, 2.05) is 0 Å². The number of halogens is 6. The quantitative estimate of drug-likeness (QED) is 0.179. The van der Waals surface area contributed by atoms with E-state index >= 15 is 0 Å². The summed E-state index contributed by atoms with van der Waals surface area (Å²) in [5.74, 6) is -0.863. The number of aryl methyl sites for hydroxylation is 2. The summed E-state index contributed by atoms with van der Waals surface area (Å²) < 4.78 is 99.3. The molecule has 1 aromatic heterocycles. The smallest absolute Gasteiger partial charge is 0.495 e. The van der Waals surface area contributed by atoms with Crippen LogP contribution in [-0.4, -0.2) is 28.0 Å². The maximum absolute atomic E-state index is 12.8. The van der Waals surface area contributed by atoms with Crippen molar-refractivity contribution in [1.29, 1.82) is 0 Å². The average Bonchev–Trinajstić information content (AvgIpc) is 2.68. The first kappa shape index (κ1) is 21.6. The summed E-state index contributed by atoms with van der Waals surface area (Å²) in [6.07, 6.45) is -4.52. The first-order valence-electron chi connectivity index (χ1n) is 6.20. The van der Waals surface area contributed by atoms with Gasteiger partial charge in [0, 0.05) is 6.07 Å². The molecule has 146 valence electrons. The van der Waals surface area contributed by atoms with Crippen molar-refractivity contribution in [2.45, 2.75) is 11.7 Å². The molecule has 0 amide bonds. The van der Waals surface area contributed by atoms with Gasteiger partial charge in [-0.3, -0.25) is 10.1 Å². The number of non-ortho nitro benzene ring substituents is 1. The summed E-state index contributed by atoms with van der Waals surface area (Å²) in [4.78, 5) is 9.97. The van der Waals surface area contributed by atoms with E-state index in [-0.39, 0.29) is 16.7 Å². The minimum atomic E-state index is -6.09. The first-order valence-corrected chi connectivity index (χ1v) is 7.61. The third-order valence-electron chi connectivity index (χ3n) is 3.06. The van der Waals surface area contributed by atoms with Crippen LogP contribution in [0.3, 0.4) is 0 Å². The molecular weight excluding hydrogens is 400 g/mol. The van der Waals surface area contributed by atoms with Gasteiger partial charge in [-0.25, -0.2) is 17.6 Å². The lowest BCUT2D eigenvalue weighted by atomic mass is 10.3. The zero-order chi connectivity index (χ0) is 20.7. The van der Waals surface area contributed by atoms with Crippen LogP contribution in [0.1, 0.15) is 5.82 Å². The minimum absolute atomic E-state index is 0.166. The third-order valence-corrected chi connectivity index (χ3v) is 3.63. The van der Waals surface area contributed by atoms with E-state index in [1.54, 1.807) is 0 Å². The Morgan fingerprint density at radius 1 is 1.15 bits per heavy atom. The highest BCUT2D eigenvalue weighted by Gasteiger charge is 2.45. The number of nitrogens with zero attached hydrogens (tertiary/aromatic N) is 3. The molecule has 0 saturated carbocycles. The number of nitro groups is 1. The van der Waals surface area contributed by atoms with Crippen molar-refractivity contribution in [3.05, 3.63) is 34.1 Å². The van der Waals surface area contributed by atoms with Crippen molar-refractivity contribution in [2.24, 2.45) is 14.1 Å². The fraction of sp³-hybridized carbons (Fsp3) is 0.364. The Morgan fingerprint density at radius 3 is 1.96 bits per heavy atom. The van der Waals surface area contributed by atoms with Gasteiger partial charge in [0.1, 0.15) is 0 Å². The highest BCUT2D eigenvalue weighted by molar-refractivity contribution is 7.86. The molecule has 0 atom stereocenters. The molecule has 1 heterocycles. The van der Waals surface area contributed by atoms with Crippen molar-refractivity contribution < 1.29 is 48.8 Å². The van der Waals surface area contributed by atoms with E-state index in [9.17, 15) is 36.5 Å². The zero-order valence-corrected chi connectivity index (χ0v) is 13.6. The fourth-order valence-electron chi connectivity index (χ4n) is 2.01. The molecule has 0 aliphatic carbocycles. The van der Waals surface area contributed by atoms with E-state index in [4.69, 9.17) is 13.0 Å². The Bertz CT molecular complexity index is 948. The molecule has 0 unspecified atom stereocenters. The van der Waals surface area contributed by atoms with Gasteiger partial charge in [0.15, 0.2) is 21.2 Å². The van der Waals surface area contributed by atoms with Crippen molar-refractivity contribution in [2.75, 3.05) is 0 Å². The topological polar surface area (TPSA) is 109 Å². The molecule has 0 N–H and O–H groups in total. The number of nitro benzene ring substituents is 1. The lowest BCUT2D eigenvalue weighted by molar-refractivity contribution is -0.667. The van der Waals surface area contributed by atoms with Gasteiger partial charge in [-0.15, -0.1) is 0 Å². The Kier molecular flexibility index (Phi) is 5.58. The molecule has 8 nitrogen and oxygen atoms in total.